The molecule has 2 aromatic carbocycles. The second-order valence-electron chi connectivity index (χ2n) is 10.3. The normalized spacial score (nSPS) is 19.4. The zero-order chi connectivity index (χ0) is 26.7. The molecule has 2 N–H and O–H groups in total. The lowest BCUT2D eigenvalue weighted by Gasteiger charge is -2.31. The number of rotatable bonds is 9. The standard InChI is InChI=1S/C28H34N6O3S/c1-20(2)17-29-18-21-11-12-25-22(15-21)7-6-10-26(25)33-19-23(31-32-33)16-27-28(35)30-13-14-34(27)38(36,37)24-8-4-3-5-9-24/h3-5,8-9,11-15,19-20,26-27,29H,6-7,10,16-18H2,1-2H3,(H,30,35)/t26-,27+/m0/s1. The van der Waals surface area contributed by atoms with Crippen molar-refractivity contribution in [2.45, 2.75) is 63.1 Å². The highest BCUT2D eigenvalue weighted by atomic mass is 32.2. The smallest absolute Gasteiger partial charge is 0.264 e. The molecule has 2 atom stereocenters. The van der Waals surface area contributed by atoms with Gasteiger partial charge in [-0.2, -0.15) is 0 Å². The van der Waals surface area contributed by atoms with E-state index in [0.29, 0.717) is 11.6 Å². The minimum absolute atomic E-state index is 0.0573. The number of carbonyl (C=O) groups excluding carboxylic acids is 1. The van der Waals surface area contributed by atoms with E-state index in [2.05, 4.69) is 53.0 Å². The molecule has 0 unspecified atom stereocenters. The van der Waals surface area contributed by atoms with E-state index in [0.717, 1.165) is 36.7 Å². The van der Waals surface area contributed by atoms with Gasteiger partial charge in [-0.15, -0.1) is 5.10 Å². The summed E-state index contributed by atoms with van der Waals surface area (Å²) in [6, 6.07) is 13.9. The molecule has 200 valence electrons. The third-order valence-electron chi connectivity index (χ3n) is 7.03. The zero-order valence-electron chi connectivity index (χ0n) is 21.7. The minimum atomic E-state index is -3.91. The van der Waals surface area contributed by atoms with E-state index in [-0.39, 0.29) is 17.4 Å². The number of sulfonamides is 1. The molecule has 1 aromatic heterocycles. The molecule has 5 rings (SSSR count). The van der Waals surface area contributed by atoms with Crippen molar-refractivity contribution in [3.8, 4) is 0 Å². The van der Waals surface area contributed by atoms with Crippen molar-refractivity contribution in [2.75, 3.05) is 6.54 Å². The molecule has 0 saturated carbocycles. The lowest BCUT2D eigenvalue weighted by molar-refractivity contribution is -0.124. The number of amides is 1. The molecule has 1 aliphatic carbocycles. The van der Waals surface area contributed by atoms with E-state index >= 15 is 0 Å². The van der Waals surface area contributed by atoms with Crippen LogP contribution in [0.5, 0.6) is 0 Å². The number of nitrogens with one attached hydrogen (secondary N) is 2. The van der Waals surface area contributed by atoms with Gasteiger partial charge < -0.3 is 10.6 Å². The fourth-order valence-electron chi connectivity index (χ4n) is 5.14. The van der Waals surface area contributed by atoms with Crippen molar-refractivity contribution in [1.82, 2.24) is 29.9 Å². The van der Waals surface area contributed by atoms with Gasteiger partial charge in [-0.05, 0) is 60.5 Å². The average molecular weight is 535 g/mol. The van der Waals surface area contributed by atoms with Crippen LogP contribution in [0.4, 0.5) is 0 Å². The third kappa shape index (κ3) is 5.51. The third-order valence-corrected chi connectivity index (χ3v) is 8.83. The first-order valence-corrected chi connectivity index (χ1v) is 14.6. The first kappa shape index (κ1) is 26.1. The van der Waals surface area contributed by atoms with Gasteiger partial charge in [0.1, 0.15) is 6.04 Å². The molecule has 1 amide bonds. The summed E-state index contributed by atoms with van der Waals surface area (Å²) in [4.78, 5) is 12.9. The van der Waals surface area contributed by atoms with Gasteiger partial charge in [0.15, 0.2) is 0 Å². The molecule has 9 nitrogen and oxygen atoms in total. The number of hydrogen-bond acceptors (Lipinski definition) is 6. The Bertz CT molecular complexity index is 1420. The quantitative estimate of drug-likeness (QED) is 0.437. The monoisotopic (exact) mass is 534 g/mol. The van der Waals surface area contributed by atoms with Crippen molar-refractivity contribution in [1.29, 1.82) is 0 Å². The second kappa shape index (κ2) is 11.1. The first-order chi connectivity index (χ1) is 18.3. The number of benzene rings is 2. The topological polar surface area (TPSA) is 109 Å². The van der Waals surface area contributed by atoms with Crippen LogP contribution in [0, 0.1) is 5.92 Å². The van der Waals surface area contributed by atoms with Crippen LogP contribution in [0.2, 0.25) is 0 Å². The SMILES string of the molecule is CC(C)CNCc1ccc2c(c1)CCC[C@@H]2n1cc(C[C@@H]2C(=O)NC=CN2S(=O)(=O)c2ccccc2)nn1. The van der Waals surface area contributed by atoms with Crippen LogP contribution in [-0.2, 0) is 34.2 Å². The molecule has 38 heavy (non-hydrogen) atoms. The minimum Gasteiger partial charge on any atom is -0.329 e. The maximum Gasteiger partial charge on any atom is 0.264 e. The van der Waals surface area contributed by atoms with Crippen LogP contribution >= 0.6 is 0 Å². The van der Waals surface area contributed by atoms with E-state index in [4.69, 9.17) is 0 Å². The Balaban J connectivity index is 1.34. The van der Waals surface area contributed by atoms with Gasteiger partial charge in [-0.25, -0.2) is 13.1 Å². The average Bonchev–Trinajstić information content (AvgIpc) is 3.38. The number of aryl methyl sites for hydroxylation is 1. The molecule has 0 fully saturated rings. The number of aromatic nitrogens is 3. The predicted octanol–water partition coefficient (Wildman–Crippen LogP) is 3.15. The van der Waals surface area contributed by atoms with Crippen LogP contribution in [0.3, 0.4) is 0 Å². The molecule has 0 bridgehead atoms. The summed E-state index contributed by atoms with van der Waals surface area (Å²) in [6.45, 7) is 6.24. The van der Waals surface area contributed by atoms with Gasteiger partial charge >= 0.3 is 0 Å². The van der Waals surface area contributed by atoms with E-state index in [1.165, 1.54) is 41.2 Å². The van der Waals surface area contributed by atoms with Crippen molar-refractivity contribution in [2.24, 2.45) is 5.92 Å². The summed E-state index contributed by atoms with van der Waals surface area (Å²) in [6.07, 6.45) is 7.73. The van der Waals surface area contributed by atoms with E-state index in [1.54, 1.807) is 18.2 Å². The second-order valence-corrected chi connectivity index (χ2v) is 12.2. The summed E-state index contributed by atoms with van der Waals surface area (Å²) in [5.74, 6) is 0.211. The van der Waals surface area contributed by atoms with Crippen molar-refractivity contribution in [3.63, 3.8) is 0 Å². The molecule has 2 aliphatic rings. The Morgan fingerprint density at radius 1 is 1.16 bits per heavy atom. The molecule has 10 heteroatoms. The van der Waals surface area contributed by atoms with Crippen LogP contribution in [0.1, 0.15) is 55.1 Å². The zero-order valence-corrected chi connectivity index (χ0v) is 22.6. The highest BCUT2D eigenvalue weighted by Gasteiger charge is 2.36. The number of fused-ring (bicyclic) bond motifs is 1. The summed E-state index contributed by atoms with van der Waals surface area (Å²) < 4.78 is 29.6. The summed E-state index contributed by atoms with van der Waals surface area (Å²) in [5, 5.41) is 14.9. The molecule has 0 spiro atoms. The van der Waals surface area contributed by atoms with Crippen LogP contribution in [0.15, 0.2) is 72.0 Å². The van der Waals surface area contributed by atoms with Gasteiger partial charge in [0, 0.05) is 31.6 Å². The maximum atomic E-state index is 13.3. The molecule has 3 aromatic rings. The number of hydrogen-bond donors (Lipinski definition) is 2. The Hall–Kier alpha value is -3.50. The number of carbonyl (C=O) groups is 1. The maximum absolute atomic E-state index is 13.3. The summed E-state index contributed by atoms with van der Waals surface area (Å²) in [5.41, 5.74) is 4.42. The van der Waals surface area contributed by atoms with Gasteiger partial charge in [0.25, 0.3) is 10.0 Å². The number of nitrogens with zero attached hydrogens (tertiary/aromatic N) is 4. The highest BCUT2D eigenvalue weighted by molar-refractivity contribution is 7.89. The largest absolute Gasteiger partial charge is 0.329 e. The lowest BCUT2D eigenvalue weighted by Crippen LogP contribution is -2.50. The van der Waals surface area contributed by atoms with Crippen molar-refractivity contribution >= 4 is 15.9 Å². The fourth-order valence-corrected chi connectivity index (χ4v) is 6.61. The van der Waals surface area contributed by atoms with Crippen molar-refractivity contribution in [3.05, 3.63) is 89.5 Å². The molecular weight excluding hydrogens is 500 g/mol. The van der Waals surface area contributed by atoms with Gasteiger partial charge in [-0.1, -0.05) is 55.5 Å². The van der Waals surface area contributed by atoms with E-state index in [1.807, 2.05) is 10.9 Å². The Morgan fingerprint density at radius 2 is 1.97 bits per heavy atom. The van der Waals surface area contributed by atoms with Gasteiger partial charge in [-0.3, -0.25) is 9.10 Å². The van der Waals surface area contributed by atoms with Crippen LogP contribution in [-0.4, -0.2) is 46.2 Å². The molecule has 1 aliphatic heterocycles. The highest BCUT2D eigenvalue weighted by Crippen LogP contribution is 2.33. The predicted molar refractivity (Wildman–Crippen MR) is 144 cm³/mol. The Morgan fingerprint density at radius 3 is 2.76 bits per heavy atom. The summed E-state index contributed by atoms with van der Waals surface area (Å²) >= 11 is 0. The Kier molecular flexibility index (Phi) is 7.62. The molecule has 2 heterocycles. The Labute approximate surface area is 224 Å². The van der Waals surface area contributed by atoms with Gasteiger partial charge in [0.2, 0.25) is 5.91 Å². The first-order valence-electron chi connectivity index (χ1n) is 13.1. The molecule has 0 radical (unpaired) electrons. The van der Waals surface area contributed by atoms with E-state index < -0.39 is 22.0 Å². The van der Waals surface area contributed by atoms with Crippen molar-refractivity contribution < 1.29 is 13.2 Å². The molecule has 0 saturated heterocycles. The fraction of sp³-hybridized carbons (Fsp3) is 0.393. The van der Waals surface area contributed by atoms with Crippen LogP contribution in [0.25, 0.3) is 0 Å². The molecular formula is C28H34N6O3S. The lowest BCUT2D eigenvalue weighted by atomic mass is 9.86. The van der Waals surface area contributed by atoms with E-state index in [9.17, 15) is 13.2 Å². The van der Waals surface area contributed by atoms with Gasteiger partial charge in [0.05, 0.1) is 16.6 Å². The summed E-state index contributed by atoms with van der Waals surface area (Å²) in [7, 11) is -3.91. The van der Waals surface area contributed by atoms with Crippen LogP contribution < -0.4 is 10.6 Å².